The van der Waals surface area contributed by atoms with E-state index in [4.69, 9.17) is 5.73 Å². The van der Waals surface area contributed by atoms with E-state index in [1.165, 1.54) is 6.08 Å². The van der Waals surface area contributed by atoms with Gasteiger partial charge in [-0.25, -0.2) is 0 Å². The van der Waals surface area contributed by atoms with Gasteiger partial charge in [-0.2, -0.15) is 0 Å². The number of amides is 3. The van der Waals surface area contributed by atoms with E-state index < -0.39 is 5.91 Å². The Morgan fingerprint density at radius 3 is 2.40 bits per heavy atom. The quantitative estimate of drug-likeness (QED) is 0.707. The lowest BCUT2D eigenvalue weighted by atomic mass is 10.1. The molecule has 1 saturated carbocycles. The number of nitrogens with zero attached hydrogens (tertiary/aromatic N) is 1. The van der Waals surface area contributed by atoms with E-state index in [1.807, 2.05) is 12.1 Å². The second kappa shape index (κ2) is 9.01. The summed E-state index contributed by atoms with van der Waals surface area (Å²) in [6, 6.07) is 7.47. The third-order valence-electron chi connectivity index (χ3n) is 4.45. The van der Waals surface area contributed by atoms with Gasteiger partial charge in [-0.1, -0.05) is 31.6 Å². The summed E-state index contributed by atoms with van der Waals surface area (Å²) in [4.78, 5) is 36.7. The van der Waals surface area contributed by atoms with Gasteiger partial charge in [0.1, 0.15) is 0 Å². The van der Waals surface area contributed by atoms with Crippen LogP contribution in [-0.2, 0) is 20.8 Å². The Kier molecular flexibility index (Phi) is 6.74. The zero-order chi connectivity index (χ0) is 18.2. The number of nitrogens with two attached hydrogens (primary N) is 1. The first-order valence-electron chi connectivity index (χ1n) is 8.59. The predicted octanol–water partition coefficient (Wildman–Crippen LogP) is 2.00. The molecule has 25 heavy (non-hydrogen) atoms. The van der Waals surface area contributed by atoms with Crippen LogP contribution in [0.2, 0.25) is 0 Å². The van der Waals surface area contributed by atoms with Gasteiger partial charge in [0.15, 0.2) is 0 Å². The van der Waals surface area contributed by atoms with Crippen molar-refractivity contribution in [2.24, 2.45) is 5.73 Å². The van der Waals surface area contributed by atoms with Crippen molar-refractivity contribution < 1.29 is 14.4 Å². The highest BCUT2D eigenvalue weighted by Crippen LogP contribution is 2.24. The molecule has 6 nitrogen and oxygen atoms in total. The van der Waals surface area contributed by atoms with Crippen molar-refractivity contribution in [1.29, 1.82) is 0 Å². The number of rotatable bonds is 8. The monoisotopic (exact) mass is 343 g/mol. The SMILES string of the molecule is C=CC(=O)Nc1ccc(CCC(=O)N(CC(N)=O)C2CCCC2)cc1. The normalized spacial score (nSPS) is 14.1. The molecule has 6 heteroatoms. The maximum absolute atomic E-state index is 12.5. The fraction of sp³-hybridized carbons (Fsp3) is 0.421. The lowest BCUT2D eigenvalue weighted by Crippen LogP contribution is -2.44. The lowest BCUT2D eigenvalue weighted by molar-refractivity contribution is -0.137. The number of benzene rings is 1. The molecular weight excluding hydrogens is 318 g/mol. The first-order chi connectivity index (χ1) is 12.0. The minimum absolute atomic E-state index is 0.00395. The summed E-state index contributed by atoms with van der Waals surface area (Å²) >= 11 is 0. The van der Waals surface area contributed by atoms with Crippen molar-refractivity contribution in [3.63, 3.8) is 0 Å². The fourth-order valence-corrected chi connectivity index (χ4v) is 3.15. The smallest absolute Gasteiger partial charge is 0.247 e. The van der Waals surface area contributed by atoms with Crippen molar-refractivity contribution in [2.75, 3.05) is 11.9 Å². The average Bonchev–Trinajstić information content (AvgIpc) is 3.12. The Morgan fingerprint density at radius 1 is 1.20 bits per heavy atom. The molecular formula is C19H25N3O3. The minimum Gasteiger partial charge on any atom is -0.368 e. The molecule has 3 N–H and O–H groups in total. The van der Waals surface area contributed by atoms with Gasteiger partial charge in [0.2, 0.25) is 17.7 Å². The summed E-state index contributed by atoms with van der Waals surface area (Å²) in [6.07, 6.45) is 6.19. The maximum Gasteiger partial charge on any atom is 0.247 e. The molecule has 0 aliphatic heterocycles. The molecule has 1 fully saturated rings. The molecule has 1 aromatic rings. The number of carbonyl (C=O) groups excluding carboxylic acids is 3. The average molecular weight is 343 g/mol. The van der Waals surface area contributed by atoms with E-state index in [9.17, 15) is 14.4 Å². The summed E-state index contributed by atoms with van der Waals surface area (Å²) in [5, 5.41) is 2.68. The lowest BCUT2D eigenvalue weighted by Gasteiger charge is -2.27. The van der Waals surface area contributed by atoms with Crippen molar-refractivity contribution >= 4 is 23.4 Å². The number of primary amides is 1. The number of hydrogen-bond acceptors (Lipinski definition) is 3. The third-order valence-corrected chi connectivity index (χ3v) is 4.45. The molecule has 1 aliphatic rings. The van der Waals surface area contributed by atoms with E-state index in [2.05, 4.69) is 11.9 Å². The molecule has 0 bridgehead atoms. The molecule has 0 unspecified atom stereocenters. The number of anilines is 1. The van der Waals surface area contributed by atoms with Gasteiger partial charge in [0, 0.05) is 18.2 Å². The Balaban J connectivity index is 1.91. The zero-order valence-electron chi connectivity index (χ0n) is 14.4. The van der Waals surface area contributed by atoms with Crippen molar-refractivity contribution in [3.8, 4) is 0 Å². The second-order valence-corrected chi connectivity index (χ2v) is 6.32. The standard InChI is InChI=1S/C19H25N3O3/c1-2-18(24)21-15-10-7-14(8-11-15)9-12-19(25)22(13-17(20)23)16-5-3-4-6-16/h2,7-8,10-11,16H,1,3-6,9,12-13H2,(H2,20,23)(H,21,24). The van der Waals surface area contributed by atoms with Crippen molar-refractivity contribution in [2.45, 2.75) is 44.6 Å². The van der Waals surface area contributed by atoms with E-state index in [-0.39, 0.29) is 24.4 Å². The molecule has 2 rings (SSSR count). The topological polar surface area (TPSA) is 92.5 Å². The van der Waals surface area contributed by atoms with Crippen LogP contribution in [0.5, 0.6) is 0 Å². The molecule has 0 heterocycles. The largest absolute Gasteiger partial charge is 0.368 e. The Bertz CT molecular complexity index is 634. The van der Waals surface area contributed by atoms with Crippen LogP contribution in [0.4, 0.5) is 5.69 Å². The van der Waals surface area contributed by atoms with Crippen LogP contribution >= 0.6 is 0 Å². The van der Waals surface area contributed by atoms with Gasteiger partial charge in [0.25, 0.3) is 0 Å². The highest BCUT2D eigenvalue weighted by molar-refractivity contribution is 5.98. The second-order valence-electron chi connectivity index (χ2n) is 6.32. The Hall–Kier alpha value is -2.63. The number of hydrogen-bond donors (Lipinski definition) is 2. The number of nitrogens with one attached hydrogen (secondary N) is 1. The first kappa shape index (κ1) is 18.7. The molecule has 0 radical (unpaired) electrons. The van der Waals surface area contributed by atoms with Gasteiger partial charge in [-0.15, -0.1) is 0 Å². The van der Waals surface area contributed by atoms with E-state index in [0.29, 0.717) is 18.5 Å². The predicted molar refractivity (Wildman–Crippen MR) is 96.8 cm³/mol. The fourth-order valence-electron chi connectivity index (χ4n) is 3.15. The number of carbonyl (C=O) groups is 3. The molecule has 0 atom stereocenters. The highest BCUT2D eigenvalue weighted by Gasteiger charge is 2.27. The van der Waals surface area contributed by atoms with Crippen LogP contribution in [0, 0.1) is 0 Å². The van der Waals surface area contributed by atoms with Gasteiger partial charge in [-0.3, -0.25) is 14.4 Å². The maximum atomic E-state index is 12.5. The Labute approximate surface area is 148 Å². The summed E-state index contributed by atoms with van der Waals surface area (Å²) in [5.74, 6) is -0.765. The Morgan fingerprint density at radius 2 is 1.84 bits per heavy atom. The molecule has 1 aromatic carbocycles. The molecule has 0 spiro atoms. The molecule has 0 saturated heterocycles. The zero-order valence-corrected chi connectivity index (χ0v) is 14.4. The van der Waals surface area contributed by atoms with E-state index >= 15 is 0 Å². The van der Waals surface area contributed by atoms with E-state index in [0.717, 1.165) is 31.2 Å². The van der Waals surface area contributed by atoms with Crippen LogP contribution in [-0.4, -0.2) is 35.2 Å². The van der Waals surface area contributed by atoms with Crippen LogP contribution in [0.15, 0.2) is 36.9 Å². The summed E-state index contributed by atoms with van der Waals surface area (Å²) in [6.45, 7) is 3.40. The van der Waals surface area contributed by atoms with Gasteiger partial charge >= 0.3 is 0 Å². The van der Waals surface area contributed by atoms with E-state index in [1.54, 1.807) is 17.0 Å². The third kappa shape index (κ3) is 5.74. The number of aryl methyl sites for hydroxylation is 1. The first-order valence-corrected chi connectivity index (χ1v) is 8.59. The summed E-state index contributed by atoms with van der Waals surface area (Å²) in [7, 11) is 0. The minimum atomic E-state index is -0.470. The van der Waals surface area contributed by atoms with Crippen LogP contribution in [0.1, 0.15) is 37.7 Å². The summed E-state index contributed by atoms with van der Waals surface area (Å²) < 4.78 is 0. The molecule has 134 valence electrons. The van der Waals surface area contributed by atoms with Crippen LogP contribution < -0.4 is 11.1 Å². The van der Waals surface area contributed by atoms with Gasteiger partial charge in [-0.05, 0) is 43.0 Å². The van der Waals surface area contributed by atoms with Crippen LogP contribution in [0.25, 0.3) is 0 Å². The highest BCUT2D eigenvalue weighted by atomic mass is 16.2. The van der Waals surface area contributed by atoms with Crippen LogP contribution in [0.3, 0.4) is 0 Å². The van der Waals surface area contributed by atoms with Crippen molar-refractivity contribution in [1.82, 2.24) is 4.90 Å². The summed E-state index contributed by atoms with van der Waals surface area (Å²) in [5.41, 5.74) is 6.98. The molecule has 3 amide bonds. The van der Waals surface area contributed by atoms with Gasteiger partial charge in [0.05, 0.1) is 6.54 Å². The van der Waals surface area contributed by atoms with Crippen molar-refractivity contribution in [3.05, 3.63) is 42.5 Å². The molecule has 1 aliphatic carbocycles. The van der Waals surface area contributed by atoms with Gasteiger partial charge < -0.3 is 16.0 Å². The molecule has 0 aromatic heterocycles.